The number of anilines is 1. The molecule has 1 N–H and O–H groups in total. The second kappa shape index (κ2) is 6.51. The summed E-state index contributed by atoms with van der Waals surface area (Å²) in [5, 5.41) is 0.295. The van der Waals surface area contributed by atoms with E-state index in [4.69, 9.17) is 11.6 Å². The molecule has 0 bridgehead atoms. The topological polar surface area (TPSA) is 66.5 Å². The van der Waals surface area contributed by atoms with E-state index in [1.165, 1.54) is 47.4 Å². The van der Waals surface area contributed by atoms with Crippen LogP contribution in [0.1, 0.15) is 6.42 Å². The summed E-state index contributed by atoms with van der Waals surface area (Å²) < 4.78 is 40.2. The number of rotatable bonds is 4. The number of carbonyl (C=O) groups is 1. The van der Waals surface area contributed by atoms with Crippen molar-refractivity contribution < 1.29 is 17.6 Å². The van der Waals surface area contributed by atoms with Gasteiger partial charge in [-0.15, -0.1) is 0 Å². The van der Waals surface area contributed by atoms with Crippen molar-refractivity contribution in [2.45, 2.75) is 17.4 Å². The van der Waals surface area contributed by atoms with Crippen molar-refractivity contribution >= 4 is 33.2 Å². The first-order valence-electron chi connectivity index (χ1n) is 7.22. The summed E-state index contributed by atoms with van der Waals surface area (Å²) in [5.74, 6) is -0.768. The van der Waals surface area contributed by atoms with Crippen molar-refractivity contribution in [1.82, 2.24) is 4.72 Å². The van der Waals surface area contributed by atoms with Gasteiger partial charge in [0.1, 0.15) is 11.9 Å². The minimum atomic E-state index is -3.85. The smallest absolute Gasteiger partial charge is 0.245 e. The molecule has 2 aromatic rings. The maximum Gasteiger partial charge on any atom is 0.245 e. The quantitative estimate of drug-likeness (QED) is 0.902. The third-order valence-corrected chi connectivity index (χ3v) is 5.45. The molecule has 0 aromatic heterocycles. The third kappa shape index (κ3) is 3.43. The number of hydrogen-bond donors (Lipinski definition) is 1. The summed E-state index contributed by atoms with van der Waals surface area (Å²) in [6.45, 7) is 0.354. The minimum Gasteiger partial charge on any atom is -0.311 e. The summed E-state index contributed by atoms with van der Waals surface area (Å²) in [5.41, 5.74) is 0.533. The Morgan fingerprint density at radius 2 is 1.88 bits per heavy atom. The molecule has 0 aliphatic carbocycles. The SMILES string of the molecule is O=C1C(NS(=O)(=O)c2cccc(Cl)c2)CCN1c1ccc(F)cc1. The Kier molecular flexibility index (Phi) is 4.58. The van der Waals surface area contributed by atoms with Crippen LogP contribution in [0.25, 0.3) is 0 Å². The fourth-order valence-electron chi connectivity index (χ4n) is 2.56. The highest BCUT2D eigenvalue weighted by Gasteiger charge is 2.35. The van der Waals surface area contributed by atoms with Crippen LogP contribution in [0.2, 0.25) is 5.02 Å². The molecule has 126 valence electrons. The lowest BCUT2D eigenvalue weighted by atomic mass is 10.3. The Morgan fingerprint density at radius 1 is 1.17 bits per heavy atom. The van der Waals surface area contributed by atoms with Crippen LogP contribution in [0.5, 0.6) is 0 Å². The molecule has 8 heteroatoms. The van der Waals surface area contributed by atoms with E-state index in [1.807, 2.05) is 0 Å². The lowest BCUT2D eigenvalue weighted by Gasteiger charge is -2.17. The first-order valence-corrected chi connectivity index (χ1v) is 9.08. The van der Waals surface area contributed by atoms with Crippen LogP contribution in [0.15, 0.2) is 53.4 Å². The zero-order valence-corrected chi connectivity index (χ0v) is 14.0. The van der Waals surface area contributed by atoms with Gasteiger partial charge >= 0.3 is 0 Å². The van der Waals surface area contributed by atoms with Gasteiger partial charge in [-0.1, -0.05) is 17.7 Å². The zero-order valence-electron chi connectivity index (χ0n) is 12.4. The zero-order chi connectivity index (χ0) is 17.3. The molecule has 1 fully saturated rings. The lowest BCUT2D eigenvalue weighted by Crippen LogP contribution is -2.41. The van der Waals surface area contributed by atoms with Crippen LogP contribution in [0.4, 0.5) is 10.1 Å². The molecule has 0 spiro atoms. The first-order chi connectivity index (χ1) is 11.4. The van der Waals surface area contributed by atoms with E-state index in [0.717, 1.165) is 0 Å². The predicted octanol–water partition coefficient (Wildman–Crippen LogP) is 2.56. The Bertz CT molecular complexity index is 871. The van der Waals surface area contributed by atoms with E-state index < -0.39 is 21.9 Å². The van der Waals surface area contributed by atoms with Crippen LogP contribution in [0, 0.1) is 5.82 Å². The normalized spacial score (nSPS) is 18.2. The van der Waals surface area contributed by atoms with Gasteiger partial charge in [-0.05, 0) is 48.9 Å². The van der Waals surface area contributed by atoms with Gasteiger partial charge in [-0.3, -0.25) is 4.79 Å². The number of amides is 1. The Hall–Kier alpha value is -1.96. The summed E-state index contributed by atoms with van der Waals surface area (Å²) in [4.78, 5) is 13.9. The van der Waals surface area contributed by atoms with Crippen molar-refractivity contribution in [3.05, 3.63) is 59.4 Å². The van der Waals surface area contributed by atoms with Crippen LogP contribution in [-0.4, -0.2) is 26.9 Å². The highest BCUT2D eigenvalue weighted by atomic mass is 35.5. The van der Waals surface area contributed by atoms with E-state index >= 15 is 0 Å². The molecule has 2 aromatic carbocycles. The van der Waals surface area contributed by atoms with Crippen molar-refractivity contribution in [3.8, 4) is 0 Å². The molecule has 24 heavy (non-hydrogen) atoms. The number of benzene rings is 2. The summed E-state index contributed by atoms with van der Waals surface area (Å²) in [6.07, 6.45) is 0.329. The van der Waals surface area contributed by atoms with Gasteiger partial charge in [0, 0.05) is 17.3 Å². The number of nitrogens with zero attached hydrogens (tertiary/aromatic N) is 1. The monoisotopic (exact) mass is 368 g/mol. The number of hydrogen-bond acceptors (Lipinski definition) is 3. The van der Waals surface area contributed by atoms with Crippen molar-refractivity contribution in [2.75, 3.05) is 11.4 Å². The third-order valence-electron chi connectivity index (χ3n) is 3.75. The largest absolute Gasteiger partial charge is 0.311 e. The van der Waals surface area contributed by atoms with Gasteiger partial charge in [0.05, 0.1) is 4.90 Å². The summed E-state index contributed by atoms with van der Waals surface area (Å²) in [7, 11) is -3.85. The molecule has 0 saturated carbocycles. The lowest BCUT2D eigenvalue weighted by molar-refractivity contribution is -0.118. The average molecular weight is 369 g/mol. The molecule has 1 aliphatic rings. The second-order valence-corrected chi connectivity index (χ2v) is 7.54. The van der Waals surface area contributed by atoms with E-state index in [1.54, 1.807) is 6.07 Å². The molecule has 1 atom stereocenters. The summed E-state index contributed by atoms with van der Waals surface area (Å²) in [6, 6.07) is 10.4. The Balaban J connectivity index is 1.77. The van der Waals surface area contributed by atoms with Gasteiger partial charge in [0.25, 0.3) is 0 Å². The Morgan fingerprint density at radius 3 is 2.54 bits per heavy atom. The molecule has 3 rings (SSSR count). The molecule has 1 amide bonds. The fraction of sp³-hybridized carbons (Fsp3) is 0.188. The molecular weight excluding hydrogens is 355 g/mol. The number of carbonyl (C=O) groups excluding carboxylic acids is 1. The average Bonchev–Trinajstić information content (AvgIpc) is 2.89. The second-order valence-electron chi connectivity index (χ2n) is 5.39. The van der Waals surface area contributed by atoms with Crippen LogP contribution >= 0.6 is 11.6 Å². The van der Waals surface area contributed by atoms with Gasteiger partial charge < -0.3 is 4.90 Å². The number of sulfonamides is 1. The van der Waals surface area contributed by atoms with E-state index in [2.05, 4.69) is 4.72 Å². The van der Waals surface area contributed by atoms with Crippen molar-refractivity contribution in [3.63, 3.8) is 0 Å². The Labute approximate surface area is 144 Å². The van der Waals surface area contributed by atoms with E-state index in [-0.39, 0.29) is 10.8 Å². The minimum absolute atomic E-state index is 0.00281. The van der Waals surface area contributed by atoms with Crippen molar-refractivity contribution in [1.29, 1.82) is 0 Å². The number of nitrogens with one attached hydrogen (secondary N) is 1. The first kappa shape index (κ1) is 16.9. The summed E-state index contributed by atoms with van der Waals surface area (Å²) >= 11 is 5.81. The maximum atomic E-state index is 13.0. The van der Waals surface area contributed by atoms with E-state index in [0.29, 0.717) is 23.7 Å². The van der Waals surface area contributed by atoms with E-state index in [9.17, 15) is 17.6 Å². The molecule has 1 heterocycles. The molecular formula is C16H14ClFN2O3S. The molecule has 5 nitrogen and oxygen atoms in total. The van der Waals surface area contributed by atoms with Crippen LogP contribution < -0.4 is 9.62 Å². The number of halogens is 2. The fourth-order valence-corrected chi connectivity index (χ4v) is 4.08. The molecule has 0 radical (unpaired) electrons. The molecule has 1 unspecified atom stereocenters. The van der Waals surface area contributed by atoms with Gasteiger partial charge in [-0.25, -0.2) is 12.8 Å². The molecule has 1 aliphatic heterocycles. The van der Waals surface area contributed by atoms with Crippen LogP contribution in [-0.2, 0) is 14.8 Å². The highest BCUT2D eigenvalue weighted by Crippen LogP contribution is 2.23. The van der Waals surface area contributed by atoms with Gasteiger partial charge in [0.15, 0.2) is 0 Å². The maximum absolute atomic E-state index is 13.0. The highest BCUT2D eigenvalue weighted by molar-refractivity contribution is 7.89. The molecule has 1 saturated heterocycles. The van der Waals surface area contributed by atoms with Gasteiger partial charge in [0.2, 0.25) is 15.9 Å². The van der Waals surface area contributed by atoms with Crippen molar-refractivity contribution in [2.24, 2.45) is 0 Å². The van der Waals surface area contributed by atoms with Crippen LogP contribution in [0.3, 0.4) is 0 Å². The standard InChI is InChI=1S/C16H14ClFN2O3S/c17-11-2-1-3-14(10-11)24(22,23)19-15-8-9-20(16(15)21)13-6-4-12(18)5-7-13/h1-7,10,15,19H,8-9H2. The predicted molar refractivity (Wildman–Crippen MR) is 88.9 cm³/mol. The van der Waals surface area contributed by atoms with Gasteiger partial charge in [-0.2, -0.15) is 4.72 Å².